The second-order valence-corrected chi connectivity index (χ2v) is 3.19. The van der Waals surface area contributed by atoms with E-state index in [1.165, 1.54) is 0 Å². The highest BCUT2D eigenvalue weighted by atomic mass is 16.7. The number of hydrogen-bond acceptors (Lipinski definition) is 7. The van der Waals surface area contributed by atoms with Crippen molar-refractivity contribution in [3.05, 3.63) is 10.4 Å². The highest BCUT2D eigenvalue weighted by Crippen LogP contribution is 2.27. The van der Waals surface area contributed by atoms with Gasteiger partial charge in [-0.05, 0) is 10.6 Å². The molecule has 0 radical (unpaired) electrons. The Morgan fingerprint density at radius 3 is 2.53 bits per heavy atom. The maximum Gasteiger partial charge on any atom is 0.265 e. The van der Waals surface area contributed by atoms with Crippen LogP contribution in [0, 0.1) is 0 Å². The molecule has 86 valence electrons. The first-order chi connectivity index (χ1) is 6.96. The molecule has 15 heavy (non-hydrogen) atoms. The Morgan fingerprint density at radius 1 is 1.47 bits per heavy atom. The van der Waals surface area contributed by atoms with Gasteiger partial charge < -0.3 is 30.9 Å². The standard InChI is InChI=1S/C6H12N4O5/c7-5-4(13)3(12)2(1-11)15-6(5,14)9-10-8/h2-5,11-14H,1,7H2/t2-,3-,4+,5-,6?/m1/s1. The van der Waals surface area contributed by atoms with Crippen LogP contribution in [-0.2, 0) is 4.74 Å². The molecule has 1 aliphatic heterocycles. The van der Waals surface area contributed by atoms with E-state index in [0.717, 1.165) is 0 Å². The fraction of sp³-hybridized carbons (Fsp3) is 1.00. The molecule has 1 fully saturated rings. The molecule has 0 aromatic carbocycles. The molecule has 0 aromatic rings. The summed E-state index contributed by atoms with van der Waals surface area (Å²) in [6.45, 7) is -0.659. The second kappa shape index (κ2) is 4.29. The van der Waals surface area contributed by atoms with Gasteiger partial charge >= 0.3 is 0 Å². The molecule has 9 heteroatoms. The minimum atomic E-state index is -2.47. The zero-order chi connectivity index (χ0) is 11.6. The Labute approximate surface area is 84.3 Å². The van der Waals surface area contributed by atoms with E-state index in [-0.39, 0.29) is 0 Å². The SMILES string of the molecule is [N-]=[N+]=NC1(O)O[C@H](CO)[C@@H](O)[C@H](O)[C@H]1N. The smallest absolute Gasteiger partial charge is 0.265 e. The minimum Gasteiger partial charge on any atom is -0.394 e. The molecule has 1 rings (SSSR count). The second-order valence-electron chi connectivity index (χ2n) is 3.19. The molecule has 9 nitrogen and oxygen atoms in total. The van der Waals surface area contributed by atoms with Gasteiger partial charge in [-0.15, -0.1) is 0 Å². The molecule has 0 amide bonds. The lowest BCUT2D eigenvalue weighted by atomic mass is 9.95. The van der Waals surface area contributed by atoms with E-state index < -0.39 is 36.9 Å². The third kappa shape index (κ3) is 2.03. The third-order valence-electron chi connectivity index (χ3n) is 2.23. The van der Waals surface area contributed by atoms with Gasteiger partial charge in [-0.1, -0.05) is 0 Å². The fourth-order valence-corrected chi connectivity index (χ4v) is 1.33. The first-order valence-electron chi connectivity index (χ1n) is 4.15. The first-order valence-corrected chi connectivity index (χ1v) is 4.15. The van der Waals surface area contributed by atoms with E-state index in [1.54, 1.807) is 0 Å². The Balaban J connectivity index is 2.97. The number of ether oxygens (including phenoxy) is 1. The highest BCUT2D eigenvalue weighted by Gasteiger charge is 2.51. The van der Waals surface area contributed by atoms with Gasteiger partial charge in [-0.2, -0.15) is 0 Å². The van der Waals surface area contributed by atoms with Crippen molar-refractivity contribution in [2.75, 3.05) is 6.61 Å². The molecule has 1 aliphatic rings. The van der Waals surface area contributed by atoms with Gasteiger partial charge in [0.2, 0.25) is 0 Å². The molecule has 0 aromatic heterocycles. The van der Waals surface area contributed by atoms with E-state index in [1.807, 2.05) is 0 Å². The zero-order valence-electron chi connectivity index (χ0n) is 7.63. The molecular weight excluding hydrogens is 208 g/mol. The number of azide groups is 1. The summed E-state index contributed by atoms with van der Waals surface area (Å²) in [5, 5.41) is 40.0. The number of aliphatic hydroxyl groups is 4. The summed E-state index contributed by atoms with van der Waals surface area (Å²) in [6, 6.07) is -1.49. The molecule has 1 heterocycles. The van der Waals surface area contributed by atoms with E-state index in [0.29, 0.717) is 0 Å². The molecule has 0 saturated carbocycles. The van der Waals surface area contributed by atoms with Crippen LogP contribution in [0.25, 0.3) is 10.4 Å². The largest absolute Gasteiger partial charge is 0.394 e. The van der Waals surface area contributed by atoms with E-state index in [9.17, 15) is 15.3 Å². The maximum absolute atomic E-state index is 9.58. The Hall–Kier alpha value is -0.930. The van der Waals surface area contributed by atoms with Crippen LogP contribution in [-0.4, -0.2) is 57.3 Å². The normalized spacial score (nSPS) is 45.9. The van der Waals surface area contributed by atoms with Crippen LogP contribution in [0.15, 0.2) is 5.11 Å². The van der Waals surface area contributed by atoms with Crippen molar-refractivity contribution in [2.24, 2.45) is 10.8 Å². The monoisotopic (exact) mass is 220 g/mol. The molecule has 1 unspecified atom stereocenters. The third-order valence-corrected chi connectivity index (χ3v) is 2.23. The Bertz CT molecular complexity index is 281. The number of aliphatic hydroxyl groups excluding tert-OH is 3. The van der Waals surface area contributed by atoms with Crippen LogP contribution in [0.1, 0.15) is 0 Å². The van der Waals surface area contributed by atoms with Crippen LogP contribution in [0.4, 0.5) is 0 Å². The predicted octanol–water partition coefficient (Wildman–Crippen LogP) is -2.62. The van der Waals surface area contributed by atoms with Gasteiger partial charge in [0, 0.05) is 4.91 Å². The van der Waals surface area contributed by atoms with Gasteiger partial charge in [0.05, 0.1) is 12.6 Å². The molecular formula is C6H12N4O5. The molecule has 0 bridgehead atoms. The van der Waals surface area contributed by atoms with Crippen molar-refractivity contribution in [3.63, 3.8) is 0 Å². The molecule has 6 N–H and O–H groups in total. The highest BCUT2D eigenvalue weighted by molar-refractivity contribution is 4.97. The topological polar surface area (TPSA) is 165 Å². The quantitative estimate of drug-likeness (QED) is 0.194. The number of nitrogens with two attached hydrogens (primary N) is 1. The van der Waals surface area contributed by atoms with Gasteiger partial charge in [0.15, 0.2) is 0 Å². The molecule has 1 saturated heterocycles. The zero-order valence-corrected chi connectivity index (χ0v) is 7.63. The van der Waals surface area contributed by atoms with Crippen LogP contribution in [0.5, 0.6) is 0 Å². The van der Waals surface area contributed by atoms with Gasteiger partial charge in [0.25, 0.3) is 5.91 Å². The maximum atomic E-state index is 9.58. The summed E-state index contributed by atoms with van der Waals surface area (Å²) in [7, 11) is 0. The van der Waals surface area contributed by atoms with Gasteiger partial charge in [0.1, 0.15) is 18.3 Å². The summed E-state index contributed by atoms with van der Waals surface area (Å²) in [6.07, 6.45) is -4.29. The molecule has 5 atom stereocenters. The lowest BCUT2D eigenvalue weighted by Gasteiger charge is -2.43. The summed E-state index contributed by atoms with van der Waals surface area (Å²) >= 11 is 0. The average Bonchev–Trinajstić information content (AvgIpc) is 2.21. The van der Waals surface area contributed by atoms with Crippen molar-refractivity contribution in [1.82, 2.24) is 0 Å². The number of hydrogen-bond donors (Lipinski definition) is 5. The van der Waals surface area contributed by atoms with Crippen molar-refractivity contribution in [1.29, 1.82) is 0 Å². The van der Waals surface area contributed by atoms with Gasteiger partial charge in [-0.25, -0.2) is 0 Å². The summed E-state index contributed by atoms with van der Waals surface area (Å²) in [5.74, 6) is -2.47. The van der Waals surface area contributed by atoms with Crippen molar-refractivity contribution >= 4 is 0 Å². The van der Waals surface area contributed by atoms with Crippen molar-refractivity contribution in [3.8, 4) is 0 Å². The summed E-state index contributed by atoms with van der Waals surface area (Å²) in [4.78, 5) is 2.31. The van der Waals surface area contributed by atoms with E-state index >= 15 is 0 Å². The van der Waals surface area contributed by atoms with Crippen molar-refractivity contribution in [2.45, 2.75) is 30.3 Å². The summed E-state index contributed by atoms with van der Waals surface area (Å²) in [5.41, 5.74) is 13.5. The number of nitrogens with zero attached hydrogens (tertiary/aromatic N) is 3. The lowest BCUT2D eigenvalue weighted by Crippen LogP contribution is -2.67. The van der Waals surface area contributed by atoms with Gasteiger partial charge in [-0.3, -0.25) is 0 Å². The predicted molar refractivity (Wildman–Crippen MR) is 46.0 cm³/mol. The van der Waals surface area contributed by atoms with E-state index in [2.05, 4.69) is 10.0 Å². The first kappa shape index (κ1) is 12.1. The fourth-order valence-electron chi connectivity index (χ4n) is 1.33. The Kier molecular flexibility index (Phi) is 3.47. The molecule has 0 spiro atoms. The van der Waals surface area contributed by atoms with Crippen LogP contribution >= 0.6 is 0 Å². The lowest BCUT2D eigenvalue weighted by molar-refractivity contribution is -0.310. The Morgan fingerprint density at radius 2 is 2.07 bits per heavy atom. The van der Waals surface area contributed by atoms with Crippen LogP contribution < -0.4 is 5.73 Å². The van der Waals surface area contributed by atoms with E-state index in [4.69, 9.17) is 21.1 Å². The average molecular weight is 220 g/mol. The minimum absolute atomic E-state index is 0.659. The number of rotatable bonds is 2. The van der Waals surface area contributed by atoms with Crippen LogP contribution in [0.3, 0.4) is 0 Å². The van der Waals surface area contributed by atoms with Crippen LogP contribution in [0.2, 0.25) is 0 Å². The summed E-state index contributed by atoms with van der Waals surface area (Å²) < 4.78 is 4.71. The van der Waals surface area contributed by atoms with Crippen molar-refractivity contribution < 1.29 is 25.2 Å². The molecule has 0 aliphatic carbocycles.